The van der Waals surface area contributed by atoms with Crippen molar-refractivity contribution >= 4 is 23.7 Å². The molecule has 0 fully saturated rings. The summed E-state index contributed by atoms with van der Waals surface area (Å²) >= 11 is 1.78. The molecule has 0 saturated heterocycles. The average Bonchev–Trinajstić information content (AvgIpc) is 2.36. The van der Waals surface area contributed by atoms with Gasteiger partial charge in [0.05, 0.1) is 6.61 Å². The number of rotatable bonds is 9. The van der Waals surface area contributed by atoms with E-state index in [1.165, 1.54) is 0 Å². The van der Waals surface area contributed by atoms with Gasteiger partial charge in [0.25, 0.3) is 0 Å². The number of anilines is 2. The van der Waals surface area contributed by atoms with E-state index >= 15 is 0 Å². The van der Waals surface area contributed by atoms with Crippen LogP contribution in [0.15, 0.2) is 0 Å². The van der Waals surface area contributed by atoms with Crippen molar-refractivity contribution in [3.05, 3.63) is 0 Å². The van der Waals surface area contributed by atoms with E-state index in [0.717, 1.165) is 18.7 Å². The maximum atomic E-state index is 5.48. The molecule has 0 aromatic carbocycles. The lowest BCUT2D eigenvalue weighted by molar-refractivity contribution is 0.292. The summed E-state index contributed by atoms with van der Waals surface area (Å²) in [6.45, 7) is 7.51. The number of ether oxygens (including phenoxy) is 1. The molecule has 108 valence electrons. The molecule has 2 N–H and O–H groups in total. The van der Waals surface area contributed by atoms with Crippen LogP contribution in [0.1, 0.15) is 27.2 Å². The minimum absolute atomic E-state index is 0.297. The van der Waals surface area contributed by atoms with Gasteiger partial charge in [-0.1, -0.05) is 6.92 Å². The molecule has 7 heteroatoms. The van der Waals surface area contributed by atoms with Crippen LogP contribution in [0.3, 0.4) is 0 Å². The van der Waals surface area contributed by atoms with Gasteiger partial charge in [-0.05, 0) is 26.5 Å². The predicted molar refractivity (Wildman–Crippen MR) is 81.2 cm³/mol. The van der Waals surface area contributed by atoms with Crippen molar-refractivity contribution in [1.29, 1.82) is 0 Å². The van der Waals surface area contributed by atoms with Crippen LogP contribution in [-0.4, -0.2) is 46.2 Å². The number of hydrogen-bond donors (Lipinski definition) is 2. The van der Waals surface area contributed by atoms with E-state index in [1.54, 1.807) is 11.8 Å². The van der Waals surface area contributed by atoms with Gasteiger partial charge >= 0.3 is 6.01 Å². The Kier molecular flexibility index (Phi) is 7.32. The number of nitrogens with one attached hydrogen (secondary N) is 2. The van der Waals surface area contributed by atoms with Gasteiger partial charge in [0.15, 0.2) is 0 Å². The zero-order valence-corrected chi connectivity index (χ0v) is 12.9. The van der Waals surface area contributed by atoms with E-state index in [1.807, 2.05) is 13.8 Å². The molecule has 0 spiro atoms. The summed E-state index contributed by atoms with van der Waals surface area (Å²) in [6.07, 6.45) is 3.00. The Morgan fingerprint density at radius 3 is 2.58 bits per heavy atom. The van der Waals surface area contributed by atoms with Crippen LogP contribution in [0, 0.1) is 0 Å². The van der Waals surface area contributed by atoms with Crippen LogP contribution >= 0.6 is 11.8 Å². The molecule has 1 heterocycles. The fourth-order valence-electron chi connectivity index (χ4n) is 1.43. The van der Waals surface area contributed by atoms with E-state index in [-0.39, 0.29) is 0 Å². The molecule has 0 bridgehead atoms. The molecule has 0 aliphatic heterocycles. The molecule has 0 amide bonds. The van der Waals surface area contributed by atoms with Gasteiger partial charge in [-0.25, -0.2) is 0 Å². The van der Waals surface area contributed by atoms with E-state index in [9.17, 15) is 0 Å². The van der Waals surface area contributed by atoms with Crippen molar-refractivity contribution in [2.45, 2.75) is 33.2 Å². The first-order valence-corrected chi connectivity index (χ1v) is 7.97. The maximum Gasteiger partial charge on any atom is 0.323 e. The molecule has 0 aliphatic carbocycles. The molecule has 0 radical (unpaired) electrons. The number of nitrogens with zero attached hydrogens (tertiary/aromatic N) is 3. The average molecular weight is 285 g/mol. The molecular formula is C12H23N5OS. The van der Waals surface area contributed by atoms with Crippen molar-refractivity contribution < 1.29 is 4.74 Å². The first kappa shape index (κ1) is 15.8. The zero-order chi connectivity index (χ0) is 14.1. The second-order valence-electron chi connectivity index (χ2n) is 4.14. The smallest absolute Gasteiger partial charge is 0.323 e. The highest BCUT2D eigenvalue weighted by Crippen LogP contribution is 2.13. The second-order valence-corrected chi connectivity index (χ2v) is 5.06. The van der Waals surface area contributed by atoms with E-state index in [2.05, 4.69) is 38.8 Å². The number of hydrogen-bond acceptors (Lipinski definition) is 7. The molecule has 1 aromatic heterocycles. The highest BCUT2D eigenvalue weighted by atomic mass is 32.2. The fourth-order valence-corrected chi connectivity index (χ4v) is 2.01. The van der Waals surface area contributed by atoms with E-state index in [4.69, 9.17) is 4.74 Å². The van der Waals surface area contributed by atoms with Gasteiger partial charge in [0, 0.05) is 18.3 Å². The van der Waals surface area contributed by atoms with Crippen LogP contribution in [0.5, 0.6) is 6.01 Å². The molecule has 1 rings (SSSR count). The van der Waals surface area contributed by atoms with Gasteiger partial charge in [0.2, 0.25) is 11.9 Å². The monoisotopic (exact) mass is 285 g/mol. The van der Waals surface area contributed by atoms with E-state index in [0.29, 0.717) is 30.6 Å². The minimum atomic E-state index is 0.297. The predicted octanol–water partition coefficient (Wildman–Crippen LogP) is 2.26. The third-order valence-electron chi connectivity index (χ3n) is 2.18. The first-order chi connectivity index (χ1) is 9.19. The van der Waals surface area contributed by atoms with Gasteiger partial charge in [-0.3, -0.25) is 0 Å². The Bertz CT molecular complexity index is 377. The molecule has 6 nitrogen and oxygen atoms in total. The standard InChI is InChI=1S/C12H23N5OS/c1-5-7-18-12-16-10(13-6-2)15-11(17-12)14-9(3)8-19-4/h9H,5-8H2,1-4H3,(H2,13,14,15,16,17). The Labute approximate surface area is 119 Å². The van der Waals surface area contributed by atoms with Gasteiger partial charge in [-0.15, -0.1) is 0 Å². The minimum Gasteiger partial charge on any atom is -0.463 e. The van der Waals surface area contributed by atoms with Gasteiger partial charge in [-0.2, -0.15) is 26.7 Å². The van der Waals surface area contributed by atoms with Crippen LogP contribution in [-0.2, 0) is 0 Å². The van der Waals surface area contributed by atoms with Crippen LogP contribution < -0.4 is 15.4 Å². The summed E-state index contributed by atoms with van der Waals surface area (Å²) < 4.78 is 5.48. The number of thioether (sulfide) groups is 1. The third-order valence-corrected chi connectivity index (χ3v) is 3.01. The topological polar surface area (TPSA) is 72.0 Å². The lowest BCUT2D eigenvalue weighted by Gasteiger charge is -2.14. The fraction of sp³-hybridized carbons (Fsp3) is 0.750. The lowest BCUT2D eigenvalue weighted by Crippen LogP contribution is -2.20. The molecular weight excluding hydrogens is 262 g/mol. The molecule has 19 heavy (non-hydrogen) atoms. The van der Waals surface area contributed by atoms with E-state index < -0.39 is 0 Å². The molecule has 0 saturated carbocycles. The maximum absolute atomic E-state index is 5.48. The molecule has 1 aromatic rings. The SMILES string of the molecule is CCCOc1nc(NCC)nc(NC(C)CSC)n1. The van der Waals surface area contributed by atoms with Crippen LogP contribution in [0.2, 0.25) is 0 Å². The summed E-state index contributed by atoms with van der Waals surface area (Å²) in [5.74, 6) is 2.09. The molecule has 1 atom stereocenters. The molecule has 1 unspecified atom stereocenters. The quantitative estimate of drug-likeness (QED) is 0.721. The molecule has 0 aliphatic rings. The third kappa shape index (κ3) is 5.96. The Morgan fingerprint density at radius 1 is 1.21 bits per heavy atom. The summed E-state index contributed by atoms with van der Waals surface area (Å²) in [7, 11) is 0. The van der Waals surface area contributed by atoms with Crippen molar-refractivity contribution in [3.63, 3.8) is 0 Å². The normalized spacial score (nSPS) is 12.0. The highest BCUT2D eigenvalue weighted by Gasteiger charge is 2.09. The van der Waals surface area contributed by atoms with Crippen molar-refractivity contribution in [1.82, 2.24) is 15.0 Å². The number of aromatic nitrogens is 3. The zero-order valence-electron chi connectivity index (χ0n) is 12.1. The van der Waals surface area contributed by atoms with Crippen molar-refractivity contribution in [2.24, 2.45) is 0 Å². The Morgan fingerprint density at radius 2 is 1.95 bits per heavy atom. The Balaban J connectivity index is 2.79. The second kappa shape index (κ2) is 8.79. The van der Waals surface area contributed by atoms with Gasteiger partial charge < -0.3 is 15.4 Å². The summed E-state index contributed by atoms with van der Waals surface area (Å²) in [6, 6.07) is 0.664. The summed E-state index contributed by atoms with van der Waals surface area (Å²) in [5, 5.41) is 6.34. The van der Waals surface area contributed by atoms with Crippen molar-refractivity contribution in [2.75, 3.05) is 35.8 Å². The van der Waals surface area contributed by atoms with Crippen LogP contribution in [0.25, 0.3) is 0 Å². The highest BCUT2D eigenvalue weighted by molar-refractivity contribution is 7.98. The Hall–Kier alpha value is -1.24. The largest absolute Gasteiger partial charge is 0.463 e. The summed E-state index contributed by atoms with van der Waals surface area (Å²) in [4.78, 5) is 12.8. The first-order valence-electron chi connectivity index (χ1n) is 6.57. The van der Waals surface area contributed by atoms with Crippen LogP contribution in [0.4, 0.5) is 11.9 Å². The van der Waals surface area contributed by atoms with Gasteiger partial charge in [0.1, 0.15) is 0 Å². The van der Waals surface area contributed by atoms with Crippen molar-refractivity contribution in [3.8, 4) is 6.01 Å². The lowest BCUT2D eigenvalue weighted by atomic mass is 10.4. The summed E-state index contributed by atoms with van der Waals surface area (Å²) in [5.41, 5.74) is 0.